The summed E-state index contributed by atoms with van der Waals surface area (Å²) in [7, 11) is 0. The Morgan fingerprint density at radius 1 is 1.24 bits per heavy atom. The summed E-state index contributed by atoms with van der Waals surface area (Å²) < 4.78 is 1.53. The monoisotopic (exact) mass is 409 g/mol. The highest BCUT2D eigenvalue weighted by atomic mass is 32.1. The molecule has 0 saturated heterocycles. The molecule has 3 aromatic rings. The third kappa shape index (κ3) is 4.27. The lowest BCUT2D eigenvalue weighted by Gasteiger charge is -2.38. The van der Waals surface area contributed by atoms with E-state index in [-0.39, 0.29) is 23.3 Å². The first-order chi connectivity index (χ1) is 14.1. The van der Waals surface area contributed by atoms with E-state index < -0.39 is 0 Å². The van der Waals surface area contributed by atoms with E-state index in [2.05, 4.69) is 41.5 Å². The molecule has 29 heavy (non-hydrogen) atoms. The van der Waals surface area contributed by atoms with Crippen molar-refractivity contribution in [1.29, 1.82) is 0 Å². The van der Waals surface area contributed by atoms with Crippen LogP contribution in [0.25, 0.3) is 10.2 Å². The molecular weight excluding hydrogens is 382 g/mol. The van der Waals surface area contributed by atoms with Crippen LogP contribution < -0.4 is 10.9 Å². The second-order valence-electron chi connectivity index (χ2n) is 8.12. The molecule has 1 fully saturated rings. The van der Waals surface area contributed by atoms with Crippen molar-refractivity contribution in [3.63, 3.8) is 0 Å². The summed E-state index contributed by atoms with van der Waals surface area (Å²) in [6.45, 7) is 3.13. The van der Waals surface area contributed by atoms with Crippen LogP contribution in [0.2, 0.25) is 0 Å². The molecule has 0 atom stereocenters. The van der Waals surface area contributed by atoms with Crippen molar-refractivity contribution in [1.82, 2.24) is 14.9 Å². The summed E-state index contributed by atoms with van der Waals surface area (Å²) in [4.78, 5) is 30.1. The highest BCUT2D eigenvalue weighted by Gasteiger charge is 2.34. The van der Waals surface area contributed by atoms with Gasteiger partial charge in [-0.25, -0.2) is 4.98 Å². The first-order valence-corrected chi connectivity index (χ1v) is 11.2. The molecule has 1 saturated carbocycles. The van der Waals surface area contributed by atoms with Gasteiger partial charge in [-0.2, -0.15) is 0 Å². The fraction of sp³-hybridized carbons (Fsp3) is 0.435. The maximum atomic E-state index is 12.6. The van der Waals surface area contributed by atoms with E-state index in [0.29, 0.717) is 18.5 Å². The van der Waals surface area contributed by atoms with Crippen LogP contribution in [0.4, 0.5) is 0 Å². The molecule has 0 bridgehead atoms. The zero-order valence-corrected chi connectivity index (χ0v) is 17.6. The van der Waals surface area contributed by atoms with Gasteiger partial charge in [-0.05, 0) is 36.8 Å². The molecule has 6 heteroatoms. The van der Waals surface area contributed by atoms with Crippen molar-refractivity contribution in [2.24, 2.45) is 0 Å². The van der Waals surface area contributed by atoms with Gasteiger partial charge in [0.05, 0.1) is 11.7 Å². The van der Waals surface area contributed by atoms with Crippen LogP contribution in [-0.2, 0) is 16.8 Å². The molecule has 4 rings (SSSR count). The number of rotatable bonds is 6. The molecule has 0 unspecified atom stereocenters. The SMILES string of the molecule is Cc1cccc(C2(CNC(=O)CCn3cnc4sccc4c3=O)CCCCC2)c1. The standard InChI is InChI=1S/C23H27N3O2S/c1-17-6-5-7-18(14-17)23(10-3-2-4-11-23)15-24-20(27)8-12-26-16-25-21-19(22(26)28)9-13-29-21/h5-7,9,13-14,16H,2-4,8,10-12,15H2,1H3,(H,24,27). The van der Waals surface area contributed by atoms with E-state index in [9.17, 15) is 9.59 Å². The third-order valence-corrected chi connectivity index (χ3v) is 6.92. The van der Waals surface area contributed by atoms with Gasteiger partial charge in [0.15, 0.2) is 0 Å². The molecule has 1 aliphatic carbocycles. The minimum Gasteiger partial charge on any atom is -0.355 e. The van der Waals surface area contributed by atoms with Gasteiger partial charge >= 0.3 is 0 Å². The summed E-state index contributed by atoms with van der Waals surface area (Å²) in [6.07, 6.45) is 7.70. The quantitative estimate of drug-likeness (QED) is 0.664. The predicted octanol–water partition coefficient (Wildman–Crippen LogP) is 4.17. The Labute approximate surface area is 174 Å². The van der Waals surface area contributed by atoms with E-state index in [1.807, 2.05) is 5.38 Å². The molecule has 0 aliphatic heterocycles. The summed E-state index contributed by atoms with van der Waals surface area (Å²) in [6, 6.07) is 10.5. The minimum absolute atomic E-state index is 0.0140. The fourth-order valence-electron chi connectivity index (χ4n) is 4.40. The van der Waals surface area contributed by atoms with Gasteiger partial charge in [-0.1, -0.05) is 49.1 Å². The second-order valence-corrected chi connectivity index (χ2v) is 9.01. The summed E-state index contributed by atoms with van der Waals surface area (Å²) in [5.41, 5.74) is 2.54. The Morgan fingerprint density at radius 2 is 2.07 bits per heavy atom. The lowest BCUT2D eigenvalue weighted by molar-refractivity contribution is -0.121. The Morgan fingerprint density at radius 3 is 2.86 bits per heavy atom. The smallest absolute Gasteiger partial charge is 0.262 e. The number of nitrogens with one attached hydrogen (secondary N) is 1. The molecule has 0 radical (unpaired) electrons. The number of carbonyl (C=O) groups is 1. The van der Waals surface area contributed by atoms with Crippen LogP contribution in [0.15, 0.2) is 46.8 Å². The van der Waals surface area contributed by atoms with Crippen LogP contribution >= 0.6 is 11.3 Å². The molecule has 1 aliphatic rings. The number of hydrogen-bond donors (Lipinski definition) is 1. The number of carbonyl (C=O) groups excluding carboxylic acids is 1. The summed E-state index contributed by atoms with van der Waals surface area (Å²) in [5, 5.41) is 5.65. The molecule has 152 valence electrons. The maximum Gasteiger partial charge on any atom is 0.262 e. The van der Waals surface area contributed by atoms with E-state index in [1.54, 1.807) is 12.4 Å². The van der Waals surface area contributed by atoms with Crippen molar-refractivity contribution in [3.8, 4) is 0 Å². The zero-order chi connectivity index (χ0) is 20.3. The lowest BCUT2D eigenvalue weighted by atomic mass is 9.69. The van der Waals surface area contributed by atoms with E-state index in [1.165, 1.54) is 46.3 Å². The largest absolute Gasteiger partial charge is 0.355 e. The van der Waals surface area contributed by atoms with Gasteiger partial charge < -0.3 is 5.32 Å². The predicted molar refractivity (Wildman–Crippen MR) is 117 cm³/mol. The van der Waals surface area contributed by atoms with Crippen molar-refractivity contribution >= 4 is 27.5 Å². The number of fused-ring (bicyclic) bond motifs is 1. The second kappa shape index (κ2) is 8.49. The number of aryl methyl sites for hydroxylation is 2. The van der Waals surface area contributed by atoms with Crippen molar-refractivity contribution in [3.05, 3.63) is 63.5 Å². The molecule has 1 amide bonds. The van der Waals surface area contributed by atoms with Gasteiger partial charge in [0, 0.05) is 24.9 Å². The Hall–Kier alpha value is -2.47. The highest BCUT2D eigenvalue weighted by molar-refractivity contribution is 7.16. The molecule has 2 heterocycles. The molecule has 2 aromatic heterocycles. The minimum atomic E-state index is -0.0763. The zero-order valence-electron chi connectivity index (χ0n) is 16.8. The maximum absolute atomic E-state index is 12.6. The molecular formula is C23H27N3O2S. The van der Waals surface area contributed by atoms with Gasteiger partial charge in [-0.15, -0.1) is 11.3 Å². The number of amides is 1. The van der Waals surface area contributed by atoms with Crippen molar-refractivity contribution < 1.29 is 4.79 Å². The van der Waals surface area contributed by atoms with Gasteiger partial charge in [0.25, 0.3) is 5.56 Å². The summed E-state index contributed by atoms with van der Waals surface area (Å²) >= 11 is 1.45. The van der Waals surface area contributed by atoms with Crippen LogP contribution in [-0.4, -0.2) is 22.0 Å². The molecule has 1 N–H and O–H groups in total. The number of nitrogens with zero attached hydrogens (tertiary/aromatic N) is 2. The fourth-order valence-corrected chi connectivity index (χ4v) is 5.13. The van der Waals surface area contributed by atoms with Crippen LogP contribution in [0, 0.1) is 6.92 Å². The van der Waals surface area contributed by atoms with E-state index in [0.717, 1.165) is 17.7 Å². The summed E-state index contributed by atoms with van der Waals surface area (Å²) in [5.74, 6) is -0.0140. The average molecular weight is 410 g/mol. The van der Waals surface area contributed by atoms with E-state index >= 15 is 0 Å². The molecule has 1 aromatic carbocycles. The normalized spacial score (nSPS) is 16.0. The van der Waals surface area contributed by atoms with Gasteiger partial charge in [0.2, 0.25) is 5.91 Å². The Kier molecular flexibility index (Phi) is 5.81. The third-order valence-electron chi connectivity index (χ3n) is 6.10. The topological polar surface area (TPSA) is 64.0 Å². The number of hydrogen-bond acceptors (Lipinski definition) is 4. The van der Waals surface area contributed by atoms with Gasteiger partial charge in [-0.3, -0.25) is 14.2 Å². The number of thiophene rings is 1. The first kappa shape index (κ1) is 19.8. The first-order valence-electron chi connectivity index (χ1n) is 10.3. The Bertz CT molecular complexity index is 1060. The average Bonchev–Trinajstić information content (AvgIpc) is 3.22. The highest BCUT2D eigenvalue weighted by Crippen LogP contribution is 2.39. The van der Waals surface area contributed by atoms with E-state index in [4.69, 9.17) is 0 Å². The Balaban J connectivity index is 1.41. The number of benzene rings is 1. The van der Waals surface area contributed by atoms with Crippen LogP contribution in [0.1, 0.15) is 49.7 Å². The molecule has 5 nitrogen and oxygen atoms in total. The molecule has 0 spiro atoms. The van der Waals surface area contributed by atoms with Crippen molar-refractivity contribution in [2.45, 2.75) is 57.4 Å². The lowest BCUT2D eigenvalue weighted by Crippen LogP contribution is -2.42. The van der Waals surface area contributed by atoms with Gasteiger partial charge in [0.1, 0.15) is 4.83 Å². The van der Waals surface area contributed by atoms with Crippen LogP contribution in [0.5, 0.6) is 0 Å². The van der Waals surface area contributed by atoms with Crippen molar-refractivity contribution in [2.75, 3.05) is 6.54 Å². The van der Waals surface area contributed by atoms with Crippen LogP contribution in [0.3, 0.4) is 0 Å². The number of aromatic nitrogens is 2.